The van der Waals surface area contributed by atoms with Gasteiger partial charge >= 0.3 is 0 Å². The van der Waals surface area contributed by atoms with Crippen LogP contribution >= 0.6 is 15.9 Å². The molecule has 2 aromatic rings. The van der Waals surface area contributed by atoms with E-state index in [-0.39, 0.29) is 5.82 Å². The molecule has 0 aliphatic heterocycles. The maximum absolute atomic E-state index is 13.2. The van der Waals surface area contributed by atoms with Crippen molar-refractivity contribution in [1.29, 1.82) is 0 Å². The minimum atomic E-state index is -0.221. The zero-order valence-corrected chi connectivity index (χ0v) is 11.7. The van der Waals surface area contributed by atoms with Crippen molar-refractivity contribution in [2.45, 2.75) is 20.0 Å². The van der Waals surface area contributed by atoms with Crippen molar-refractivity contribution < 1.29 is 4.39 Å². The molecular formula is C14H14BrFN2. The quantitative estimate of drug-likeness (QED) is 0.934. The first-order valence-electron chi connectivity index (χ1n) is 5.70. The molecule has 4 heteroatoms. The molecule has 94 valence electrons. The summed E-state index contributed by atoms with van der Waals surface area (Å²) < 4.78 is 13.9. The summed E-state index contributed by atoms with van der Waals surface area (Å²) in [7, 11) is 0. The lowest BCUT2D eigenvalue weighted by Gasteiger charge is -2.08. The summed E-state index contributed by atoms with van der Waals surface area (Å²) in [4.78, 5) is 4.05. The molecule has 1 aromatic carbocycles. The molecule has 0 amide bonds. The first-order valence-corrected chi connectivity index (χ1v) is 6.49. The van der Waals surface area contributed by atoms with Gasteiger partial charge in [-0.2, -0.15) is 0 Å². The number of hydrogen-bond acceptors (Lipinski definition) is 2. The van der Waals surface area contributed by atoms with E-state index >= 15 is 0 Å². The second kappa shape index (κ2) is 6.07. The molecule has 0 radical (unpaired) electrons. The average molecular weight is 309 g/mol. The predicted molar refractivity (Wildman–Crippen MR) is 73.6 cm³/mol. The minimum absolute atomic E-state index is 0.221. The van der Waals surface area contributed by atoms with E-state index in [4.69, 9.17) is 0 Å². The van der Waals surface area contributed by atoms with Crippen LogP contribution in [0.3, 0.4) is 0 Å². The smallest absolute Gasteiger partial charge is 0.124 e. The van der Waals surface area contributed by atoms with Gasteiger partial charge in [-0.3, -0.25) is 4.98 Å². The Morgan fingerprint density at radius 2 is 2.11 bits per heavy atom. The van der Waals surface area contributed by atoms with Gasteiger partial charge in [-0.1, -0.05) is 15.9 Å². The van der Waals surface area contributed by atoms with E-state index in [1.165, 1.54) is 17.7 Å². The standard InChI is InChI=1S/C14H14BrFN2/c1-10-7-17-3-2-12(10)9-18-8-11-4-13(15)6-14(16)5-11/h2-7,18H,8-9H2,1H3. The van der Waals surface area contributed by atoms with Crippen molar-refractivity contribution in [1.82, 2.24) is 10.3 Å². The van der Waals surface area contributed by atoms with E-state index in [1.807, 2.05) is 25.3 Å². The number of hydrogen-bond donors (Lipinski definition) is 1. The Labute approximate surface area is 114 Å². The molecule has 0 saturated heterocycles. The monoisotopic (exact) mass is 308 g/mol. The van der Waals surface area contributed by atoms with Gasteiger partial charge in [0.15, 0.2) is 0 Å². The zero-order valence-electron chi connectivity index (χ0n) is 10.1. The van der Waals surface area contributed by atoms with Gasteiger partial charge in [0, 0.05) is 30.0 Å². The van der Waals surface area contributed by atoms with E-state index in [9.17, 15) is 4.39 Å². The van der Waals surface area contributed by atoms with Crippen molar-refractivity contribution in [3.05, 3.63) is 63.6 Å². The molecule has 0 fully saturated rings. The van der Waals surface area contributed by atoms with Crippen LogP contribution in [0.4, 0.5) is 4.39 Å². The van der Waals surface area contributed by atoms with Crippen molar-refractivity contribution in [2.75, 3.05) is 0 Å². The third kappa shape index (κ3) is 3.62. The normalized spacial score (nSPS) is 10.6. The van der Waals surface area contributed by atoms with Gasteiger partial charge < -0.3 is 5.32 Å². The second-order valence-corrected chi connectivity index (χ2v) is 5.10. The Morgan fingerprint density at radius 1 is 1.28 bits per heavy atom. The van der Waals surface area contributed by atoms with Crippen LogP contribution in [0.15, 0.2) is 41.1 Å². The van der Waals surface area contributed by atoms with Crippen LogP contribution in [-0.4, -0.2) is 4.98 Å². The van der Waals surface area contributed by atoms with E-state index in [0.29, 0.717) is 6.54 Å². The summed E-state index contributed by atoms with van der Waals surface area (Å²) in [6.45, 7) is 3.42. The van der Waals surface area contributed by atoms with Crippen molar-refractivity contribution in [3.8, 4) is 0 Å². The zero-order chi connectivity index (χ0) is 13.0. The number of rotatable bonds is 4. The lowest BCUT2D eigenvalue weighted by atomic mass is 10.1. The number of nitrogens with one attached hydrogen (secondary N) is 1. The minimum Gasteiger partial charge on any atom is -0.309 e. The highest BCUT2D eigenvalue weighted by atomic mass is 79.9. The number of pyridine rings is 1. The van der Waals surface area contributed by atoms with Crippen LogP contribution in [0.25, 0.3) is 0 Å². The van der Waals surface area contributed by atoms with Crippen molar-refractivity contribution >= 4 is 15.9 Å². The molecule has 0 spiro atoms. The Hall–Kier alpha value is -1.26. The lowest BCUT2D eigenvalue weighted by molar-refractivity contribution is 0.619. The maximum atomic E-state index is 13.2. The fraction of sp³-hybridized carbons (Fsp3) is 0.214. The molecule has 0 aliphatic carbocycles. The Kier molecular flexibility index (Phi) is 4.44. The Bertz CT molecular complexity index is 523. The van der Waals surface area contributed by atoms with E-state index in [2.05, 4.69) is 26.2 Å². The highest BCUT2D eigenvalue weighted by molar-refractivity contribution is 9.10. The Balaban J connectivity index is 1.94. The molecular weight excluding hydrogens is 295 g/mol. The maximum Gasteiger partial charge on any atom is 0.124 e. The van der Waals surface area contributed by atoms with Crippen LogP contribution in [0.5, 0.6) is 0 Å². The summed E-state index contributed by atoms with van der Waals surface area (Å²) in [5.74, 6) is -0.221. The predicted octanol–water partition coefficient (Wildman–Crippen LogP) is 3.58. The first kappa shape index (κ1) is 13.2. The molecule has 0 bridgehead atoms. The first-order chi connectivity index (χ1) is 8.65. The van der Waals surface area contributed by atoms with Crippen LogP contribution in [-0.2, 0) is 13.1 Å². The number of benzene rings is 1. The molecule has 0 atom stereocenters. The molecule has 18 heavy (non-hydrogen) atoms. The van der Waals surface area contributed by atoms with E-state index in [0.717, 1.165) is 22.1 Å². The van der Waals surface area contributed by atoms with Gasteiger partial charge in [-0.05, 0) is 47.9 Å². The molecule has 1 heterocycles. The largest absolute Gasteiger partial charge is 0.309 e. The van der Waals surface area contributed by atoms with Crippen LogP contribution < -0.4 is 5.32 Å². The third-order valence-corrected chi connectivity index (χ3v) is 3.16. The number of aryl methyl sites for hydroxylation is 1. The molecule has 0 unspecified atom stereocenters. The second-order valence-electron chi connectivity index (χ2n) is 4.18. The van der Waals surface area contributed by atoms with Crippen LogP contribution in [0.2, 0.25) is 0 Å². The SMILES string of the molecule is Cc1cnccc1CNCc1cc(F)cc(Br)c1. The summed E-state index contributed by atoms with van der Waals surface area (Å²) in [5, 5.41) is 3.30. The molecule has 0 aliphatic rings. The van der Waals surface area contributed by atoms with Gasteiger partial charge in [0.1, 0.15) is 5.82 Å². The molecule has 0 saturated carbocycles. The fourth-order valence-electron chi connectivity index (χ4n) is 1.76. The van der Waals surface area contributed by atoms with Gasteiger partial charge in [0.2, 0.25) is 0 Å². The highest BCUT2D eigenvalue weighted by Gasteiger charge is 2.00. The van der Waals surface area contributed by atoms with Gasteiger partial charge in [-0.25, -0.2) is 4.39 Å². The van der Waals surface area contributed by atoms with Crippen LogP contribution in [0.1, 0.15) is 16.7 Å². The third-order valence-electron chi connectivity index (χ3n) is 2.70. The van der Waals surface area contributed by atoms with E-state index < -0.39 is 0 Å². The fourth-order valence-corrected chi connectivity index (χ4v) is 2.27. The van der Waals surface area contributed by atoms with Gasteiger partial charge in [0.05, 0.1) is 0 Å². The summed E-state index contributed by atoms with van der Waals surface area (Å²) >= 11 is 3.29. The number of halogens is 2. The van der Waals surface area contributed by atoms with Crippen molar-refractivity contribution in [3.63, 3.8) is 0 Å². The number of nitrogens with zero attached hydrogens (tertiary/aromatic N) is 1. The lowest BCUT2D eigenvalue weighted by Crippen LogP contribution is -2.13. The topological polar surface area (TPSA) is 24.9 Å². The summed E-state index contributed by atoms with van der Waals surface area (Å²) in [6, 6.07) is 6.90. The Morgan fingerprint density at radius 3 is 2.83 bits per heavy atom. The molecule has 1 aromatic heterocycles. The summed E-state index contributed by atoms with van der Waals surface area (Å²) in [6.07, 6.45) is 3.62. The van der Waals surface area contributed by atoms with Crippen LogP contribution in [0, 0.1) is 12.7 Å². The highest BCUT2D eigenvalue weighted by Crippen LogP contribution is 2.15. The average Bonchev–Trinajstić information content (AvgIpc) is 2.30. The molecule has 2 nitrogen and oxygen atoms in total. The molecule has 2 rings (SSSR count). The van der Waals surface area contributed by atoms with Crippen molar-refractivity contribution in [2.24, 2.45) is 0 Å². The number of aromatic nitrogens is 1. The van der Waals surface area contributed by atoms with Gasteiger partial charge in [0.25, 0.3) is 0 Å². The molecule has 1 N–H and O–H groups in total. The van der Waals surface area contributed by atoms with E-state index in [1.54, 1.807) is 6.20 Å². The summed E-state index contributed by atoms with van der Waals surface area (Å²) in [5.41, 5.74) is 3.29. The van der Waals surface area contributed by atoms with Gasteiger partial charge in [-0.15, -0.1) is 0 Å².